The van der Waals surface area contributed by atoms with Crippen molar-refractivity contribution >= 4 is 0 Å². The summed E-state index contributed by atoms with van der Waals surface area (Å²) in [6.07, 6.45) is 7.19. The molecule has 0 spiro atoms. The Labute approximate surface area is 87.4 Å². The zero-order chi connectivity index (χ0) is 10.6. The predicted octanol–water partition coefficient (Wildman–Crippen LogP) is 3.37. The van der Waals surface area contributed by atoms with Crippen molar-refractivity contribution in [2.45, 2.75) is 33.6 Å². The molecule has 74 valence electrons. The Hall–Kier alpha value is -1.22. The van der Waals surface area contributed by atoms with E-state index in [0.717, 1.165) is 12.8 Å². The molecule has 0 atom stereocenters. The van der Waals surface area contributed by atoms with Crippen molar-refractivity contribution in [3.63, 3.8) is 0 Å². The average molecular weight is 186 g/mol. The first-order valence-electron chi connectivity index (χ1n) is 5.15. The number of terminal acetylenes is 1. The third-order valence-electron chi connectivity index (χ3n) is 2.34. The maximum absolute atomic E-state index is 5.30. The Morgan fingerprint density at radius 1 is 1.36 bits per heavy atom. The van der Waals surface area contributed by atoms with E-state index in [1.807, 2.05) is 0 Å². The fraction of sp³-hybridized carbons (Fsp3) is 0.429. The van der Waals surface area contributed by atoms with Gasteiger partial charge in [0.15, 0.2) is 0 Å². The standard InChI is InChI=1S/C14H18/c1-5-6-14-8-7-13(9-11(2)3)10-12(14)4/h1,7-8,10-11H,6,9H2,2-4H3. The zero-order valence-electron chi connectivity index (χ0n) is 9.30. The fourth-order valence-electron chi connectivity index (χ4n) is 1.66. The maximum atomic E-state index is 5.30. The Kier molecular flexibility index (Phi) is 3.77. The molecule has 0 N–H and O–H groups in total. The summed E-state index contributed by atoms with van der Waals surface area (Å²) in [6, 6.07) is 6.61. The van der Waals surface area contributed by atoms with E-state index in [-0.39, 0.29) is 0 Å². The highest BCUT2D eigenvalue weighted by atomic mass is 14.1. The van der Waals surface area contributed by atoms with Crippen LogP contribution in [0, 0.1) is 25.2 Å². The molecule has 0 aliphatic rings. The van der Waals surface area contributed by atoms with Gasteiger partial charge in [-0.1, -0.05) is 32.0 Å². The normalized spacial score (nSPS) is 10.2. The molecule has 0 radical (unpaired) electrons. The smallest absolute Gasteiger partial charge is 0.0340 e. The number of rotatable bonds is 3. The fourth-order valence-corrected chi connectivity index (χ4v) is 1.66. The molecule has 0 saturated carbocycles. The van der Waals surface area contributed by atoms with Crippen LogP contribution in [0.25, 0.3) is 0 Å². The van der Waals surface area contributed by atoms with Crippen molar-refractivity contribution in [2.24, 2.45) is 5.92 Å². The second-order valence-corrected chi connectivity index (χ2v) is 4.24. The van der Waals surface area contributed by atoms with Crippen LogP contribution in [0.4, 0.5) is 0 Å². The highest BCUT2D eigenvalue weighted by Gasteiger charge is 2.01. The molecule has 0 aliphatic heterocycles. The monoisotopic (exact) mass is 186 g/mol. The van der Waals surface area contributed by atoms with Gasteiger partial charge in [0, 0.05) is 6.42 Å². The Bertz CT molecular complexity index is 340. The molecule has 0 heteroatoms. The summed E-state index contributed by atoms with van der Waals surface area (Å²) in [5.74, 6) is 3.40. The molecule has 1 aromatic carbocycles. The van der Waals surface area contributed by atoms with Crippen LogP contribution in [0.15, 0.2) is 18.2 Å². The van der Waals surface area contributed by atoms with Crippen molar-refractivity contribution in [1.82, 2.24) is 0 Å². The van der Waals surface area contributed by atoms with E-state index in [9.17, 15) is 0 Å². The van der Waals surface area contributed by atoms with Crippen LogP contribution in [-0.4, -0.2) is 0 Å². The van der Waals surface area contributed by atoms with Crippen LogP contribution in [0.3, 0.4) is 0 Å². The zero-order valence-corrected chi connectivity index (χ0v) is 9.30. The highest BCUT2D eigenvalue weighted by molar-refractivity contribution is 5.33. The lowest BCUT2D eigenvalue weighted by Gasteiger charge is -2.08. The summed E-state index contributed by atoms with van der Waals surface area (Å²) in [4.78, 5) is 0. The molecule has 1 aromatic rings. The summed E-state index contributed by atoms with van der Waals surface area (Å²) in [6.45, 7) is 6.62. The molecule has 0 bridgehead atoms. The van der Waals surface area contributed by atoms with Gasteiger partial charge in [0.2, 0.25) is 0 Å². The van der Waals surface area contributed by atoms with Crippen LogP contribution in [0.2, 0.25) is 0 Å². The summed E-state index contributed by atoms with van der Waals surface area (Å²) < 4.78 is 0. The molecule has 0 amide bonds. The van der Waals surface area contributed by atoms with E-state index in [4.69, 9.17) is 6.42 Å². The first-order chi connectivity index (χ1) is 6.63. The quantitative estimate of drug-likeness (QED) is 0.635. The topological polar surface area (TPSA) is 0 Å². The minimum absolute atomic E-state index is 0.716. The minimum atomic E-state index is 0.716. The largest absolute Gasteiger partial charge is 0.120 e. The number of aryl methyl sites for hydroxylation is 1. The molecule has 0 heterocycles. The Morgan fingerprint density at radius 2 is 2.07 bits per heavy atom. The first-order valence-corrected chi connectivity index (χ1v) is 5.15. The van der Waals surface area contributed by atoms with Crippen LogP contribution in [0.5, 0.6) is 0 Å². The minimum Gasteiger partial charge on any atom is -0.120 e. The molecule has 0 nitrogen and oxygen atoms in total. The van der Waals surface area contributed by atoms with E-state index in [1.54, 1.807) is 0 Å². The molecule has 0 aliphatic carbocycles. The van der Waals surface area contributed by atoms with Gasteiger partial charge in [0.1, 0.15) is 0 Å². The van der Waals surface area contributed by atoms with Gasteiger partial charge in [-0.3, -0.25) is 0 Å². The lowest BCUT2D eigenvalue weighted by molar-refractivity contribution is 0.647. The summed E-state index contributed by atoms with van der Waals surface area (Å²) in [7, 11) is 0. The van der Waals surface area contributed by atoms with Gasteiger partial charge in [-0.2, -0.15) is 0 Å². The van der Waals surface area contributed by atoms with Crippen LogP contribution >= 0.6 is 0 Å². The van der Waals surface area contributed by atoms with Crippen molar-refractivity contribution < 1.29 is 0 Å². The summed E-state index contributed by atoms with van der Waals surface area (Å²) in [5.41, 5.74) is 4.01. The van der Waals surface area contributed by atoms with Gasteiger partial charge in [-0.05, 0) is 36.0 Å². The molecular weight excluding hydrogens is 168 g/mol. The third-order valence-corrected chi connectivity index (χ3v) is 2.34. The molecule has 0 aromatic heterocycles. The Balaban J connectivity index is 2.84. The number of hydrogen-bond acceptors (Lipinski definition) is 0. The number of hydrogen-bond donors (Lipinski definition) is 0. The summed E-state index contributed by atoms with van der Waals surface area (Å²) in [5, 5.41) is 0. The van der Waals surface area contributed by atoms with Crippen molar-refractivity contribution in [2.75, 3.05) is 0 Å². The number of benzene rings is 1. The second kappa shape index (κ2) is 4.86. The van der Waals surface area contributed by atoms with Gasteiger partial charge in [-0.15, -0.1) is 12.3 Å². The predicted molar refractivity (Wildman–Crippen MR) is 62.3 cm³/mol. The molecule has 14 heavy (non-hydrogen) atoms. The van der Waals surface area contributed by atoms with Gasteiger partial charge < -0.3 is 0 Å². The lowest BCUT2D eigenvalue weighted by atomic mass is 9.97. The van der Waals surface area contributed by atoms with E-state index < -0.39 is 0 Å². The van der Waals surface area contributed by atoms with E-state index in [0.29, 0.717) is 5.92 Å². The molecule has 1 rings (SSSR count). The van der Waals surface area contributed by atoms with Crippen molar-refractivity contribution in [3.8, 4) is 12.3 Å². The van der Waals surface area contributed by atoms with Crippen LogP contribution in [0.1, 0.15) is 30.5 Å². The van der Waals surface area contributed by atoms with Gasteiger partial charge in [0.05, 0.1) is 0 Å². The third kappa shape index (κ3) is 2.92. The van der Waals surface area contributed by atoms with Gasteiger partial charge in [-0.25, -0.2) is 0 Å². The molecule has 0 saturated heterocycles. The summed E-state index contributed by atoms with van der Waals surface area (Å²) >= 11 is 0. The van der Waals surface area contributed by atoms with Crippen molar-refractivity contribution in [3.05, 3.63) is 34.9 Å². The van der Waals surface area contributed by atoms with E-state index in [1.165, 1.54) is 16.7 Å². The first kappa shape index (κ1) is 10.9. The lowest BCUT2D eigenvalue weighted by Crippen LogP contribution is -1.96. The SMILES string of the molecule is C#CCc1ccc(CC(C)C)cc1C. The Morgan fingerprint density at radius 3 is 2.57 bits per heavy atom. The average Bonchev–Trinajstić information content (AvgIpc) is 2.09. The van der Waals surface area contributed by atoms with Crippen LogP contribution < -0.4 is 0 Å². The van der Waals surface area contributed by atoms with Gasteiger partial charge >= 0.3 is 0 Å². The maximum Gasteiger partial charge on any atom is 0.0340 e. The highest BCUT2D eigenvalue weighted by Crippen LogP contribution is 2.14. The molecule has 0 fully saturated rings. The van der Waals surface area contributed by atoms with E-state index >= 15 is 0 Å². The van der Waals surface area contributed by atoms with Crippen molar-refractivity contribution in [1.29, 1.82) is 0 Å². The molecule has 0 unspecified atom stereocenters. The second-order valence-electron chi connectivity index (χ2n) is 4.24. The van der Waals surface area contributed by atoms with E-state index in [2.05, 4.69) is 44.9 Å². The molecular formula is C14H18. The van der Waals surface area contributed by atoms with Crippen LogP contribution in [-0.2, 0) is 12.8 Å². The van der Waals surface area contributed by atoms with Gasteiger partial charge in [0.25, 0.3) is 0 Å².